The maximum Gasteiger partial charge on any atom is 0.331 e. The monoisotopic (exact) mass is 337 g/mol. The van der Waals surface area contributed by atoms with E-state index in [9.17, 15) is 14.4 Å². The van der Waals surface area contributed by atoms with Crippen LogP contribution in [0.2, 0.25) is 0 Å². The molecule has 1 aromatic carbocycles. The fourth-order valence-electron chi connectivity index (χ4n) is 2.96. The summed E-state index contributed by atoms with van der Waals surface area (Å²) in [5, 5.41) is 3.15. The van der Waals surface area contributed by atoms with Gasteiger partial charge >= 0.3 is 6.03 Å². The van der Waals surface area contributed by atoms with Crippen LogP contribution in [0.1, 0.15) is 18.9 Å². The van der Waals surface area contributed by atoms with E-state index in [2.05, 4.69) is 23.4 Å². The van der Waals surface area contributed by atoms with Crippen LogP contribution in [0.4, 0.5) is 4.79 Å². The molecule has 4 amide bonds. The SMILES string of the molecule is C=CCN1C(=O)NC(=O)/C(=C/c2cn(CCC)c3ccccc23)C1=O. The zero-order valence-electron chi connectivity index (χ0n) is 14.0. The highest BCUT2D eigenvalue weighted by molar-refractivity contribution is 6.31. The minimum atomic E-state index is -0.722. The molecule has 0 aliphatic carbocycles. The number of rotatable bonds is 5. The number of aryl methyl sites for hydroxylation is 1. The lowest BCUT2D eigenvalue weighted by Crippen LogP contribution is -2.54. The summed E-state index contributed by atoms with van der Waals surface area (Å²) in [5.41, 5.74) is 1.76. The molecule has 1 aliphatic rings. The van der Waals surface area contributed by atoms with Crippen LogP contribution < -0.4 is 5.32 Å². The topological polar surface area (TPSA) is 71.4 Å². The first-order valence-corrected chi connectivity index (χ1v) is 8.14. The van der Waals surface area contributed by atoms with Gasteiger partial charge in [0.2, 0.25) is 0 Å². The van der Waals surface area contributed by atoms with Crippen LogP contribution >= 0.6 is 0 Å². The van der Waals surface area contributed by atoms with Crippen LogP contribution in [0, 0.1) is 0 Å². The minimum Gasteiger partial charge on any atom is -0.347 e. The van der Waals surface area contributed by atoms with E-state index in [0.717, 1.165) is 34.3 Å². The van der Waals surface area contributed by atoms with Gasteiger partial charge in [-0.25, -0.2) is 4.79 Å². The van der Waals surface area contributed by atoms with Crippen molar-refractivity contribution in [2.75, 3.05) is 6.54 Å². The summed E-state index contributed by atoms with van der Waals surface area (Å²) in [7, 11) is 0. The Labute approximate surface area is 145 Å². The Morgan fingerprint density at radius 2 is 1.96 bits per heavy atom. The predicted octanol–water partition coefficient (Wildman–Crippen LogP) is 2.70. The zero-order valence-corrected chi connectivity index (χ0v) is 14.0. The van der Waals surface area contributed by atoms with E-state index >= 15 is 0 Å². The van der Waals surface area contributed by atoms with E-state index in [-0.39, 0.29) is 12.1 Å². The fraction of sp³-hybridized carbons (Fsp3) is 0.211. The molecule has 0 bridgehead atoms. The van der Waals surface area contributed by atoms with Gasteiger partial charge < -0.3 is 4.57 Å². The second kappa shape index (κ2) is 6.76. The van der Waals surface area contributed by atoms with Crippen LogP contribution in [0.5, 0.6) is 0 Å². The van der Waals surface area contributed by atoms with Crippen LogP contribution in [0.3, 0.4) is 0 Å². The van der Waals surface area contributed by atoms with Crippen LogP contribution in [-0.2, 0) is 16.1 Å². The molecule has 128 valence electrons. The lowest BCUT2D eigenvalue weighted by Gasteiger charge is -2.25. The van der Waals surface area contributed by atoms with Crippen molar-refractivity contribution < 1.29 is 14.4 Å². The van der Waals surface area contributed by atoms with Gasteiger partial charge in [-0.3, -0.25) is 19.8 Å². The molecular formula is C19H19N3O3. The molecule has 0 atom stereocenters. The van der Waals surface area contributed by atoms with Gasteiger partial charge in [-0.1, -0.05) is 31.2 Å². The number of carbonyl (C=O) groups is 3. The molecule has 1 fully saturated rings. The van der Waals surface area contributed by atoms with E-state index in [0.29, 0.717) is 0 Å². The largest absolute Gasteiger partial charge is 0.347 e. The number of hydrogen-bond donors (Lipinski definition) is 1. The van der Waals surface area contributed by atoms with Crippen molar-refractivity contribution in [3.63, 3.8) is 0 Å². The molecule has 1 N–H and O–H groups in total. The van der Waals surface area contributed by atoms with Crippen LogP contribution in [0.25, 0.3) is 17.0 Å². The number of para-hydroxylation sites is 1. The highest BCUT2D eigenvalue weighted by atomic mass is 16.2. The second-order valence-electron chi connectivity index (χ2n) is 5.82. The lowest BCUT2D eigenvalue weighted by atomic mass is 10.1. The Bertz CT molecular complexity index is 908. The molecule has 0 unspecified atom stereocenters. The molecule has 6 heteroatoms. The number of imide groups is 2. The van der Waals surface area contributed by atoms with E-state index in [1.54, 1.807) is 6.08 Å². The van der Waals surface area contributed by atoms with Crippen molar-refractivity contribution in [3.05, 3.63) is 54.3 Å². The first kappa shape index (κ1) is 16.7. The van der Waals surface area contributed by atoms with Crippen molar-refractivity contribution >= 4 is 34.8 Å². The molecular weight excluding hydrogens is 318 g/mol. The summed E-state index contributed by atoms with van der Waals surface area (Å²) in [4.78, 5) is 37.5. The number of benzene rings is 1. The third-order valence-corrected chi connectivity index (χ3v) is 4.08. The van der Waals surface area contributed by atoms with E-state index in [4.69, 9.17) is 0 Å². The molecule has 1 saturated heterocycles. The number of fused-ring (bicyclic) bond motifs is 1. The molecule has 3 rings (SSSR count). The van der Waals surface area contributed by atoms with Crippen molar-refractivity contribution in [1.82, 2.24) is 14.8 Å². The Balaban J connectivity index is 2.09. The first-order valence-electron chi connectivity index (χ1n) is 8.14. The number of amides is 4. The van der Waals surface area contributed by atoms with Gasteiger partial charge in [-0.05, 0) is 18.6 Å². The normalized spacial score (nSPS) is 16.6. The summed E-state index contributed by atoms with van der Waals surface area (Å²) < 4.78 is 2.10. The maximum absolute atomic E-state index is 12.5. The molecule has 0 saturated carbocycles. The Morgan fingerprint density at radius 3 is 2.68 bits per heavy atom. The third kappa shape index (κ3) is 2.98. The van der Waals surface area contributed by atoms with Crippen molar-refractivity contribution in [3.8, 4) is 0 Å². The number of nitrogens with zero attached hydrogens (tertiary/aromatic N) is 2. The van der Waals surface area contributed by atoms with Gasteiger partial charge in [0.15, 0.2) is 0 Å². The molecule has 1 aromatic heterocycles. The lowest BCUT2D eigenvalue weighted by molar-refractivity contribution is -0.129. The molecule has 0 radical (unpaired) electrons. The summed E-state index contributed by atoms with van der Waals surface area (Å²) in [6.07, 6.45) is 5.89. The number of barbiturate groups is 1. The van der Waals surface area contributed by atoms with Crippen LogP contribution in [0.15, 0.2) is 48.7 Å². The third-order valence-electron chi connectivity index (χ3n) is 4.08. The summed E-state index contributed by atoms with van der Waals surface area (Å²) in [5.74, 6) is -1.29. The highest BCUT2D eigenvalue weighted by Crippen LogP contribution is 2.25. The smallest absolute Gasteiger partial charge is 0.331 e. The highest BCUT2D eigenvalue weighted by Gasteiger charge is 2.35. The standard InChI is InChI=1S/C19H19N3O3/c1-3-9-21-12-13(14-7-5-6-8-16(14)21)11-15-17(23)20-19(25)22(10-4-2)18(15)24/h4-8,11-12H,2-3,9-10H2,1H3,(H,20,23,25)/b15-11-. The van der Waals surface area contributed by atoms with Crippen LogP contribution in [-0.4, -0.2) is 33.9 Å². The van der Waals surface area contributed by atoms with Crippen molar-refractivity contribution in [1.29, 1.82) is 0 Å². The summed E-state index contributed by atoms with van der Waals surface area (Å²) >= 11 is 0. The van der Waals surface area contributed by atoms with Crippen molar-refractivity contribution in [2.45, 2.75) is 19.9 Å². The quantitative estimate of drug-likeness (QED) is 0.518. The molecule has 6 nitrogen and oxygen atoms in total. The van der Waals surface area contributed by atoms with Gasteiger partial charge in [0.05, 0.1) is 0 Å². The summed E-state index contributed by atoms with van der Waals surface area (Å²) in [6.45, 7) is 6.51. The number of hydrogen-bond acceptors (Lipinski definition) is 3. The number of carbonyl (C=O) groups excluding carboxylic acids is 3. The fourth-order valence-corrected chi connectivity index (χ4v) is 2.96. The zero-order chi connectivity index (χ0) is 18.0. The van der Waals surface area contributed by atoms with Gasteiger partial charge in [0, 0.05) is 35.8 Å². The van der Waals surface area contributed by atoms with Gasteiger partial charge in [0.1, 0.15) is 5.57 Å². The van der Waals surface area contributed by atoms with Gasteiger partial charge in [0.25, 0.3) is 11.8 Å². The van der Waals surface area contributed by atoms with E-state index in [1.807, 2.05) is 30.5 Å². The first-order chi connectivity index (χ1) is 12.1. The van der Waals surface area contributed by atoms with Gasteiger partial charge in [-0.2, -0.15) is 0 Å². The average Bonchev–Trinajstić information content (AvgIpc) is 2.94. The molecule has 25 heavy (non-hydrogen) atoms. The molecule has 2 heterocycles. The summed E-state index contributed by atoms with van der Waals surface area (Å²) in [6, 6.07) is 7.10. The minimum absolute atomic E-state index is 0.0485. The molecule has 1 aliphatic heterocycles. The molecule has 0 spiro atoms. The van der Waals surface area contributed by atoms with Gasteiger partial charge in [-0.15, -0.1) is 6.58 Å². The second-order valence-corrected chi connectivity index (χ2v) is 5.82. The van der Waals surface area contributed by atoms with Crippen molar-refractivity contribution in [2.24, 2.45) is 0 Å². The Hall–Kier alpha value is -3.15. The number of aromatic nitrogens is 1. The Kier molecular flexibility index (Phi) is 4.52. The van der Waals surface area contributed by atoms with E-state index < -0.39 is 17.8 Å². The predicted molar refractivity (Wildman–Crippen MR) is 95.7 cm³/mol. The number of urea groups is 1. The average molecular weight is 337 g/mol. The van der Waals surface area contributed by atoms with E-state index in [1.165, 1.54) is 6.08 Å². The maximum atomic E-state index is 12.5. The molecule has 2 aromatic rings. The Morgan fingerprint density at radius 1 is 1.20 bits per heavy atom. The number of nitrogens with one attached hydrogen (secondary N) is 1.